The Bertz CT molecular complexity index is 895. The van der Waals surface area contributed by atoms with E-state index in [4.69, 9.17) is 0 Å². The van der Waals surface area contributed by atoms with Crippen LogP contribution in [0.1, 0.15) is 10.6 Å². The number of amides is 2. The van der Waals surface area contributed by atoms with Crippen LogP contribution in [0.25, 0.3) is 0 Å². The number of thioether (sulfide) groups is 1. The first-order valence-electron chi connectivity index (χ1n) is 8.00. The number of carbonyl (C=O) groups excluding carboxylic acids is 2. The molecule has 0 unspecified atom stereocenters. The maximum absolute atomic E-state index is 12.9. The lowest BCUT2D eigenvalue weighted by atomic mass is 10.3. The molecule has 0 spiro atoms. The van der Waals surface area contributed by atoms with E-state index in [0.717, 1.165) is 9.22 Å². The maximum atomic E-state index is 12.9. The first kappa shape index (κ1) is 19.5. The number of thiophene rings is 1. The Morgan fingerprint density at radius 2 is 1.93 bits per heavy atom. The summed E-state index contributed by atoms with van der Waals surface area (Å²) in [5.74, 6) is -0.442. The highest BCUT2D eigenvalue weighted by Crippen LogP contribution is 2.23. The second kappa shape index (κ2) is 9.63. The van der Waals surface area contributed by atoms with Crippen LogP contribution in [0.2, 0.25) is 0 Å². The highest BCUT2D eigenvalue weighted by atomic mass is 32.2. The van der Waals surface area contributed by atoms with Crippen molar-refractivity contribution in [3.63, 3.8) is 0 Å². The smallest absolute Gasteiger partial charge is 0.234 e. The largest absolute Gasteiger partial charge is 0.351 e. The number of hydrogen-bond acceptors (Lipinski definition) is 6. The molecule has 3 rings (SSSR count). The summed E-state index contributed by atoms with van der Waals surface area (Å²) in [6.45, 7) is 0.520. The molecule has 2 amide bonds. The zero-order valence-corrected chi connectivity index (χ0v) is 16.6. The molecule has 0 saturated carbocycles. The number of halogens is 1. The summed E-state index contributed by atoms with van der Waals surface area (Å²) in [6, 6.07) is 9.52. The van der Waals surface area contributed by atoms with Crippen molar-refractivity contribution in [2.24, 2.45) is 0 Å². The quantitative estimate of drug-likeness (QED) is 0.541. The van der Waals surface area contributed by atoms with Gasteiger partial charge >= 0.3 is 0 Å². The fraction of sp³-hybridized carbons (Fsp3) is 0.167. The van der Waals surface area contributed by atoms with E-state index >= 15 is 0 Å². The van der Waals surface area contributed by atoms with Crippen LogP contribution in [0.3, 0.4) is 0 Å². The van der Waals surface area contributed by atoms with Gasteiger partial charge < -0.3 is 10.6 Å². The molecule has 0 aliphatic rings. The number of aromatic nitrogens is 1. The summed E-state index contributed by atoms with van der Waals surface area (Å²) in [5, 5.41) is 9.35. The van der Waals surface area contributed by atoms with Crippen molar-refractivity contribution in [2.45, 2.75) is 17.3 Å². The standard InChI is InChI=1S/C18H16FN3O2S3/c19-12-3-5-13(6-4-12)21-17(24)11-27-18-22-14(10-26-18)8-16(23)20-9-15-2-1-7-25-15/h1-7,10H,8-9,11H2,(H,20,23)(H,21,24). The summed E-state index contributed by atoms with van der Waals surface area (Å²) < 4.78 is 13.6. The molecule has 0 radical (unpaired) electrons. The van der Waals surface area contributed by atoms with Crippen LogP contribution in [0, 0.1) is 5.82 Å². The minimum Gasteiger partial charge on any atom is -0.351 e. The van der Waals surface area contributed by atoms with Gasteiger partial charge in [0, 0.05) is 15.9 Å². The number of nitrogens with zero attached hydrogens (tertiary/aromatic N) is 1. The van der Waals surface area contributed by atoms with Crippen molar-refractivity contribution in [2.75, 3.05) is 11.1 Å². The van der Waals surface area contributed by atoms with E-state index in [1.54, 1.807) is 11.3 Å². The minimum absolute atomic E-state index is 0.0840. The molecule has 2 aromatic heterocycles. The Hall–Kier alpha value is -2.23. The fourth-order valence-electron chi connectivity index (χ4n) is 2.12. The van der Waals surface area contributed by atoms with Crippen LogP contribution in [-0.4, -0.2) is 22.6 Å². The van der Waals surface area contributed by atoms with E-state index < -0.39 is 0 Å². The van der Waals surface area contributed by atoms with Crippen molar-refractivity contribution >= 4 is 51.9 Å². The number of anilines is 1. The fourth-order valence-corrected chi connectivity index (χ4v) is 4.41. The molecule has 0 fully saturated rings. The Labute approximate surface area is 168 Å². The molecule has 0 bridgehead atoms. The number of benzene rings is 1. The summed E-state index contributed by atoms with van der Waals surface area (Å²) in [5.41, 5.74) is 1.23. The zero-order valence-electron chi connectivity index (χ0n) is 14.1. The summed E-state index contributed by atoms with van der Waals surface area (Å²) >= 11 is 4.30. The molecule has 0 atom stereocenters. The lowest BCUT2D eigenvalue weighted by Crippen LogP contribution is -2.24. The van der Waals surface area contributed by atoms with Gasteiger partial charge in [-0.25, -0.2) is 9.37 Å². The third-order valence-corrected chi connectivity index (χ3v) is 6.31. The van der Waals surface area contributed by atoms with Gasteiger partial charge in [-0.05, 0) is 35.7 Å². The van der Waals surface area contributed by atoms with Crippen LogP contribution in [-0.2, 0) is 22.6 Å². The molecular formula is C18H16FN3O2S3. The molecule has 140 valence electrons. The molecule has 0 aliphatic carbocycles. The lowest BCUT2D eigenvalue weighted by Gasteiger charge is -2.03. The third-order valence-electron chi connectivity index (χ3n) is 3.37. The molecule has 27 heavy (non-hydrogen) atoms. The predicted molar refractivity (Wildman–Crippen MR) is 108 cm³/mol. The normalized spacial score (nSPS) is 10.6. The van der Waals surface area contributed by atoms with Crippen LogP contribution in [0.15, 0.2) is 51.5 Å². The number of nitrogens with one attached hydrogen (secondary N) is 2. The summed E-state index contributed by atoms with van der Waals surface area (Å²) in [7, 11) is 0. The topological polar surface area (TPSA) is 71.1 Å². The van der Waals surface area contributed by atoms with Gasteiger partial charge in [0.2, 0.25) is 11.8 Å². The molecule has 3 aromatic rings. The summed E-state index contributed by atoms with van der Waals surface area (Å²) in [4.78, 5) is 29.4. The van der Waals surface area contributed by atoms with Gasteiger partial charge in [0.25, 0.3) is 0 Å². The Kier molecular flexibility index (Phi) is 6.97. The molecule has 1 aromatic carbocycles. The van der Waals surface area contributed by atoms with Crippen LogP contribution in [0.4, 0.5) is 10.1 Å². The lowest BCUT2D eigenvalue weighted by molar-refractivity contribution is -0.120. The van der Waals surface area contributed by atoms with E-state index in [0.29, 0.717) is 17.9 Å². The predicted octanol–water partition coefficient (Wildman–Crippen LogP) is 3.93. The van der Waals surface area contributed by atoms with Crippen molar-refractivity contribution in [3.8, 4) is 0 Å². The van der Waals surface area contributed by atoms with E-state index in [9.17, 15) is 14.0 Å². The second-order valence-electron chi connectivity index (χ2n) is 5.48. The van der Waals surface area contributed by atoms with Gasteiger partial charge in [0.1, 0.15) is 5.82 Å². The number of thiazole rings is 1. The van der Waals surface area contributed by atoms with Crippen LogP contribution in [0.5, 0.6) is 0 Å². The molecule has 5 nitrogen and oxygen atoms in total. The third kappa shape index (κ3) is 6.46. The highest BCUT2D eigenvalue weighted by Gasteiger charge is 2.10. The molecule has 0 saturated heterocycles. The van der Waals surface area contributed by atoms with Gasteiger partial charge in [-0.2, -0.15) is 0 Å². The van der Waals surface area contributed by atoms with E-state index in [-0.39, 0.29) is 29.8 Å². The first-order chi connectivity index (χ1) is 13.1. The monoisotopic (exact) mass is 421 g/mol. The van der Waals surface area contributed by atoms with Crippen LogP contribution < -0.4 is 10.6 Å². The average Bonchev–Trinajstić information content (AvgIpc) is 3.32. The minimum atomic E-state index is -0.350. The maximum Gasteiger partial charge on any atom is 0.234 e. The Morgan fingerprint density at radius 1 is 1.11 bits per heavy atom. The van der Waals surface area contributed by atoms with Gasteiger partial charge in [-0.15, -0.1) is 22.7 Å². The van der Waals surface area contributed by atoms with Crippen LogP contribution >= 0.6 is 34.4 Å². The average molecular weight is 422 g/mol. The molecule has 2 N–H and O–H groups in total. The zero-order chi connectivity index (χ0) is 19.1. The van der Waals surface area contributed by atoms with E-state index in [1.807, 2.05) is 22.9 Å². The van der Waals surface area contributed by atoms with Crippen molar-refractivity contribution in [1.29, 1.82) is 0 Å². The molecule has 2 heterocycles. The number of hydrogen-bond donors (Lipinski definition) is 2. The first-order valence-corrected chi connectivity index (χ1v) is 10.7. The SMILES string of the molecule is O=C(Cc1csc(SCC(=O)Nc2ccc(F)cc2)n1)NCc1cccs1. The van der Waals surface area contributed by atoms with E-state index in [1.165, 1.54) is 47.4 Å². The Morgan fingerprint density at radius 3 is 2.67 bits per heavy atom. The van der Waals surface area contributed by atoms with Gasteiger partial charge in [-0.3, -0.25) is 9.59 Å². The summed E-state index contributed by atoms with van der Waals surface area (Å²) in [6.07, 6.45) is 0.213. The van der Waals surface area contributed by atoms with Crippen molar-refractivity contribution in [3.05, 3.63) is 63.5 Å². The molecule has 0 aliphatic heterocycles. The van der Waals surface area contributed by atoms with E-state index in [2.05, 4.69) is 15.6 Å². The number of rotatable bonds is 8. The van der Waals surface area contributed by atoms with Crippen molar-refractivity contribution in [1.82, 2.24) is 10.3 Å². The van der Waals surface area contributed by atoms with Crippen molar-refractivity contribution < 1.29 is 14.0 Å². The number of carbonyl (C=O) groups is 2. The molecule has 9 heteroatoms. The van der Waals surface area contributed by atoms with Gasteiger partial charge in [0.15, 0.2) is 4.34 Å². The second-order valence-corrected chi connectivity index (χ2v) is 8.59. The van der Waals surface area contributed by atoms with Gasteiger partial charge in [0.05, 0.1) is 24.4 Å². The molecular weight excluding hydrogens is 405 g/mol. The van der Waals surface area contributed by atoms with Gasteiger partial charge in [-0.1, -0.05) is 17.8 Å². The highest BCUT2D eigenvalue weighted by molar-refractivity contribution is 8.01. The Balaban J connectivity index is 1.41.